The van der Waals surface area contributed by atoms with Crippen molar-refractivity contribution in [2.75, 3.05) is 33.3 Å². The van der Waals surface area contributed by atoms with Crippen LogP contribution in [0.2, 0.25) is 0 Å². The molecule has 202 valence electrons. The molecule has 0 aromatic heterocycles. The molecule has 0 amide bonds. The molecular weight excluding hydrogens is 500 g/mol. The fourth-order valence-electron chi connectivity index (χ4n) is 7.48. The first-order valence-corrected chi connectivity index (χ1v) is 14.9. The Morgan fingerprint density at radius 1 is 1.08 bits per heavy atom. The van der Waals surface area contributed by atoms with Gasteiger partial charge < -0.3 is 9.47 Å². The van der Waals surface area contributed by atoms with Crippen LogP contribution in [0.5, 0.6) is 5.75 Å². The molecule has 0 N–H and O–H groups in total. The predicted octanol–water partition coefficient (Wildman–Crippen LogP) is 3.47. The Hall–Kier alpha value is -2.52. The fraction of sp³-hybridized carbons (Fsp3) is 0.500. The van der Waals surface area contributed by atoms with Crippen molar-refractivity contribution < 1.29 is 22.7 Å². The van der Waals surface area contributed by atoms with Gasteiger partial charge in [-0.25, -0.2) is 8.42 Å². The molecule has 0 radical (unpaired) electrons. The van der Waals surface area contributed by atoms with E-state index in [9.17, 15) is 13.2 Å². The number of fused-ring (bicyclic) bond motifs is 2. The Kier molecular flexibility index (Phi) is 6.11. The van der Waals surface area contributed by atoms with Crippen molar-refractivity contribution in [1.29, 1.82) is 0 Å². The van der Waals surface area contributed by atoms with Gasteiger partial charge in [-0.15, -0.1) is 0 Å². The number of hydrogen-bond acceptors (Lipinski definition) is 6. The summed E-state index contributed by atoms with van der Waals surface area (Å²) >= 11 is 0. The van der Waals surface area contributed by atoms with Gasteiger partial charge in [0.1, 0.15) is 11.4 Å². The molecule has 2 aromatic rings. The largest absolute Gasteiger partial charge is 0.497 e. The minimum atomic E-state index is -3.83. The molecule has 3 aliphatic heterocycles. The summed E-state index contributed by atoms with van der Waals surface area (Å²) < 4.78 is 42.1. The molecule has 0 saturated carbocycles. The van der Waals surface area contributed by atoms with Gasteiger partial charge >= 0.3 is 0 Å². The van der Waals surface area contributed by atoms with E-state index < -0.39 is 21.2 Å². The highest BCUT2D eigenvalue weighted by Gasteiger charge is 2.75. The number of allylic oxidation sites excluding steroid dienone is 1. The van der Waals surface area contributed by atoms with E-state index in [0.29, 0.717) is 13.1 Å². The van der Waals surface area contributed by atoms with E-state index in [4.69, 9.17) is 9.47 Å². The van der Waals surface area contributed by atoms with Gasteiger partial charge in [0.2, 0.25) is 10.0 Å². The van der Waals surface area contributed by atoms with Crippen LogP contribution in [0.3, 0.4) is 0 Å². The number of rotatable bonds is 7. The third kappa shape index (κ3) is 3.72. The van der Waals surface area contributed by atoms with Crippen molar-refractivity contribution in [3.63, 3.8) is 0 Å². The number of methoxy groups -OCH3 is 1. The van der Waals surface area contributed by atoms with Crippen LogP contribution in [0.15, 0.2) is 65.6 Å². The zero-order valence-electron chi connectivity index (χ0n) is 22.5. The third-order valence-corrected chi connectivity index (χ3v) is 11.1. The average molecular weight is 537 g/mol. The number of morpholine rings is 1. The molecule has 2 bridgehead atoms. The molecule has 2 aromatic carbocycles. The van der Waals surface area contributed by atoms with Gasteiger partial charge in [0.05, 0.1) is 29.6 Å². The number of nitrogens with zero attached hydrogens (tertiary/aromatic N) is 2. The maximum atomic E-state index is 14.2. The first-order chi connectivity index (χ1) is 18.1. The maximum absolute atomic E-state index is 14.2. The van der Waals surface area contributed by atoms with Crippen LogP contribution in [-0.4, -0.2) is 73.9 Å². The van der Waals surface area contributed by atoms with Crippen LogP contribution in [0, 0.1) is 24.7 Å². The lowest BCUT2D eigenvalue weighted by atomic mass is 9.63. The Labute approximate surface area is 225 Å². The first-order valence-electron chi connectivity index (χ1n) is 13.5. The number of carbonyl (C=O) groups excluding carboxylic acids is 1. The summed E-state index contributed by atoms with van der Waals surface area (Å²) in [5.74, 6) is 0.299. The number of aryl methyl sites for hydroxylation is 1. The van der Waals surface area contributed by atoms with Crippen molar-refractivity contribution in [3.05, 3.63) is 71.8 Å². The molecule has 1 aliphatic carbocycles. The molecule has 8 heteroatoms. The maximum Gasteiger partial charge on any atom is 0.243 e. The third-order valence-electron chi connectivity index (χ3n) is 9.24. The van der Waals surface area contributed by atoms with Gasteiger partial charge in [-0.3, -0.25) is 9.69 Å². The van der Waals surface area contributed by atoms with Gasteiger partial charge in [0.15, 0.2) is 5.78 Å². The summed E-state index contributed by atoms with van der Waals surface area (Å²) in [6.07, 6.45) is 4.14. The molecule has 7 nitrogen and oxygen atoms in total. The van der Waals surface area contributed by atoms with Crippen LogP contribution in [0.25, 0.3) is 0 Å². The lowest BCUT2D eigenvalue weighted by Gasteiger charge is -2.46. The number of carbonyl (C=O) groups is 1. The van der Waals surface area contributed by atoms with E-state index in [2.05, 4.69) is 30.9 Å². The number of sulfonamides is 1. The summed E-state index contributed by atoms with van der Waals surface area (Å²) in [5.41, 5.74) is 0.677. The predicted molar refractivity (Wildman–Crippen MR) is 145 cm³/mol. The van der Waals surface area contributed by atoms with Crippen LogP contribution < -0.4 is 4.74 Å². The lowest BCUT2D eigenvalue weighted by molar-refractivity contribution is -0.127. The molecule has 0 unspecified atom stereocenters. The average Bonchev–Trinajstić information content (AvgIpc) is 3.32. The highest BCUT2D eigenvalue weighted by molar-refractivity contribution is 7.89. The molecular formula is C30H36N2O5S. The second-order valence-corrected chi connectivity index (χ2v) is 13.5. The smallest absolute Gasteiger partial charge is 0.243 e. The highest BCUT2D eigenvalue weighted by Crippen LogP contribution is 2.62. The van der Waals surface area contributed by atoms with E-state index in [1.165, 1.54) is 5.56 Å². The molecule has 1 spiro atoms. The number of likely N-dealkylation sites (tertiary alicyclic amines) is 1. The Bertz CT molecular complexity index is 1370. The molecule has 38 heavy (non-hydrogen) atoms. The van der Waals surface area contributed by atoms with Gasteiger partial charge in [0, 0.05) is 32.1 Å². The fourth-order valence-corrected chi connectivity index (χ4v) is 9.41. The van der Waals surface area contributed by atoms with Crippen molar-refractivity contribution in [2.24, 2.45) is 17.8 Å². The molecule has 3 saturated heterocycles. The second-order valence-electron chi connectivity index (χ2n) is 11.7. The molecule has 6 rings (SSSR count). The molecule has 3 heterocycles. The van der Waals surface area contributed by atoms with E-state index in [1.54, 1.807) is 29.6 Å². The van der Waals surface area contributed by atoms with Crippen LogP contribution >= 0.6 is 0 Å². The summed E-state index contributed by atoms with van der Waals surface area (Å²) in [7, 11) is -2.17. The van der Waals surface area contributed by atoms with Crippen molar-refractivity contribution in [2.45, 2.75) is 49.3 Å². The lowest BCUT2D eigenvalue weighted by Crippen LogP contribution is -2.58. The highest BCUT2D eigenvalue weighted by atomic mass is 32.2. The van der Waals surface area contributed by atoms with Crippen LogP contribution in [0.1, 0.15) is 25.0 Å². The Morgan fingerprint density at radius 3 is 2.45 bits per heavy atom. The Balaban J connectivity index is 1.36. The zero-order chi connectivity index (χ0) is 26.9. The minimum Gasteiger partial charge on any atom is -0.497 e. The summed E-state index contributed by atoms with van der Waals surface area (Å²) in [6, 6.07) is 15.1. The van der Waals surface area contributed by atoms with Gasteiger partial charge in [0.25, 0.3) is 0 Å². The van der Waals surface area contributed by atoms with Crippen molar-refractivity contribution >= 4 is 15.8 Å². The number of hydrogen-bond donors (Lipinski definition) is 0. The first kappa shape index (κ1) is 25.7. The monoisotopic (exact) mass is 536 g/mol. The molecule has 3 fully saturated rings. The van der Waals surface area contributed by atoms with E-state index in [0.717, 1.165) is 24.3 Å². The molecule has 5 atom stereocenters. The van der Waals surface area contributed by atoms with E-state index in [-0.39, 0.29) is 41.1 Å². The normalized spacial score (nSPS) is 32.7. The summed E-state index contributed by atoms with van der Waals surface area (Å²) in [4.78, 5) is 16.0. The van der Waals surface area contributed by atoms with Gasteiger partial charge in [-0.1, -0.05) is 49.8 Å². The van der Waals surface area contributed by atoms with Crippen molar-refractivity contribution in [3.8, 4) is 5.75 Å². The van der Waals surface area contributed by atoms with Crippen LogP contribution in [-0.2, 0) is 26.0 Å². The van der Waals surface area contributed by atoms with Crippen LogP contribution in [0.4, 0.5) is 0 Å². The summed E-state index contributed by atoms with van der Waals surface area (Å²) in [5, 5.41) is 0. The summed E-state index contributed by atoms with van der Waals surface area (Å²) in [6.45, 7) is 8.43. The molecule has 4 aliphatic rings. The number of ketones is 1. The van der Waals surface area contributed by atoms with Gasteiger partial charge in [-0.2, -0.15) is 4.31 Å². The SMILES string of the molecule is COc1ccc(CCN2C[C@H]3O[C@]4(C2)CN(S(=O)(=O)c2ccc(C)cc2)[C@]2(C(C)C)C=CC(=O)[C@H]3[C@H]42)cc1. The second kappa shape index (κ2) is 9.01. The number of benzene rings is 2. The minimum absolute atomic E-state index is 0.0327. The Morgan fingerprint density at radius 2 is 1.79 bits per heavy atom. The topological polar surface area (TPSA) is 76.2 Å². The van der Waals surface area contributed by atoms with E-state index in [1.807, 2.05) is 37.3 Å². The number of ether oxygens (including phenoxy) is 2. The zero-order valence-corrected chi connectivity index (χ0v) is 23.3. The standard InChI is InChI=1S/C30H36N2O5S/c1-20(2)30-15-13-25(33)27-26-17-31(16-14-22-7-9-23(36-4)10-8-22)18-29(37-26,28(27)30)19-32(30)38(34,35)24-11-5-21(3)6-12-24/h5-13,15,20,26-28H,14,16-19H2,1-4H3/t26-,27-,28-,29-,30+/m1/s1. The van der Waals surface area contributed by atoms with Crippen molar-refractivity contribution in [1.82, 2.24) is 9.21 Å². The quantitative estimate of drug-likeness (QED) is 0.540. The van der Waals surface area contributed by atoms with Gasteiger partial charge in [-0.05, 0) is 55.2 Å². The van der Waals surface area contributed by atoms with E-state index >= 15 is 0 Å².